The Bertz CT molecular complexity index is 1300. The van der Waals surface area contributed by atoms with Crippen molar-refractivity contribution in [3.05, 3.63) is 94.6 Å². The minimum Gasteiger partial charge on any atom is -0.480 e. The van der Waals surface area contributed by atoms with Crippen molar-refractivity contribution in [2.75, 3.05) is 25.1 Å². The summed E-state index contributed by atoms with van der Waals surface area (Å²) < 4.78 is 27.6. The van der Waals surface area contributed by atoms with Gasteiger partial charge in [0.25, 0.3) is 5.91 Å². The summed E-state index contributed by atoms with van der Waals surface area (Å²) in [6, 6.07) is 16.2. The van der Waals surface area contributed by atoms with E-state index in [-0.39, 0.29) is 0 Å². The quantitative estimate of drug-likeness (QED) is 0.213. The predicted octanol–water partition coefficient (Wildman–Crippen LogP) is 6.72. The number of carbonyl (C=O) groups excluding carboxylic acids is 1. The number of nitrogens with one attached hydrogen (secondary N) is 1. The van der Waals surface area contributed by atoms with Crippen LogP contribution in [0.2, 0.25) is 0 Å². The summed E-state index contributed by atoms with van der Waals surface area (Å²) in [6.07, 6.45) is 4.67. The van der Waals surface area contributed by atoms with Gasteiger partial charge >= 0.3 is 5.97 Å². The van der Waals surface area contributed by atoms with Crippen molar-refractivity contribution in [1.82, 2.24) is 10.2 Å². The van der Waals surface area contributed by atoms with Crippen molar-refractivity contribution in [3.63, 3.8) is 0 Å². The second-order valence-electron chi connectivity index (χ2n) is 9.96. The van der Waals surface area contributed by atoms with Crippen LogP contribution in [0.5, 0.6) is 0 Å². The van der Waals surface area contributed by atoms with Crippen LogP contribution in [0.15, 0.2) is 60.7 Å². The highest BCUT2D eigenvalue weighted by Gasteiger charge is 2.23. The number of carbonyl (C=O) groups is 2. The van der Waals surface area contributed by atoms with Gasteiger partial charge in [-0.1, -0.05) is 49.7 Å². The minimum absolute atomic E-state index is 0.334. The molecule has 0 radical (unpaired) electrons. The van der Waals surface area contributed by atoms with Gasteiger partial charge < -0.3 is 10.4 Å². The average molecular weight is 569 g/mol. The number of benzene rings is 3. The molecule has 0 aromatic heterocycles. The summed E-state index contributed by atoms with van der Waals surface area (Å²) in [5.41, 5.74) is 4.52. The first-order valence-electron chi connectivity index (χ1n) is 13.6. The lowest BCUT2D eigenvalue weighted by molar-refractivity contribution is -0.139. The lowest BCUT2D eigenvalue weighted by atomic mass is 9.93. The summed E-state index contributed by atoms with van der Waals surface area (Å²) in [7, 11) is 0. The first-order chi connectivity index (χ1) is 19.2. The highest BCUT2D eigenvalue weighted by Crippen LogP contribution is 2.29. The van der Waals surface area contributed by atoms with E-state index in [9.17, 15) is 23.5 Å². The first-order valence-corrected chi connectivity index (χ1v) is 15.0. The Hall–Kier alpha value is -3.23. The maximum atomic E-state index is 14.3. The zero-order valence-corrected chi connectivity index (χ0v) is 24.2. The lowest BCUT2D eigenvalue weighted by Crippen LogP contribution is -2.41. The number of carboxylic acid groups (broad SMARTS) is 1. The van der Waals surface area contributed by atoms with Crippen LogP contribution in [0.1, 0.15) is 53.2 Å². The van der Waals surface area contributed by atoms with Crippen LogP contribution >= 0.6 is 11.8 Å². The molecule has 214 valence electrons. The Morgan fingerprint density at radius 1 is 1.02 bits per heavy atom. The minimum atomic E-state index is -1.05. The van der Waals surface area contributed by atoms with E-state index in [4.69, 9.17) is 0 Å². The molecule has 3 aromatic carbocycles. The van der Waals surface area contributed by atoms with Crippen molar-refractivity contribution in [2.45, 2.75) is 52.1 Å². The number of nitrogens with zero attached hydrogens (tertiary/aromatic N) is 1. The molecular weight excluding hydrogens is 530 g/mol. The third-order valence-electron chi connectivity index (χ3n) is 6.92. The average Bonchev–Trinajstić information content (AvgIpc) is 2.93. The van der Waals surface area contributed by atoms with Gasteiger partial charge in [0.15, 0.2) is 0 Å². The monoisotopic (exact) mass is 568 g/mol. The molecule has 40 heavy (non-hydrogen) atoms. The fourth-order valence-electron chi connectivity index (χ4n) is 4.63. The van der Waals surface area contributed by atoms with Gasteiger partial charge in [0.05, 0.1) is 0 Å². The summed E-state index contributed by atoms with van der Waals surface area (Å²) in [5.74, 6) is -1.98. The van der Waals surface area contributed by atoms with Crippen molar-refractivity contribution in [2.24, 2.45) is 0 Å². The smallest absolute Gasteiger partial charge is 0.326 e. The molecule has 0 saturated heterocycles. The first kappa shape index (κ1) is 31.3. The molecule has 3 rings (SSSR count). The van der Waals surface area contributed by atoms with Crippen LogP contribution in [0.3, 0.4) is 0 Å². The number of hydrogen-bond acceptors (Lipinski definition) is 4. The SMILES string of the molecule is CCCCN(CCc1ccc(F)cc1F)Cc1ccc(C(=O)N[C@@H](CCSC)C(=O)O)c(-c2ccccc2C)c1. The van der Waals surface area contributed by atoms with Gasteiger partial charge in [0.1, 0.15) is 17.7 Å². The normalized spacial score (nSPS) is 11.9. The number of rotatable bonds is 15. The zero-order valence-electron chi connectivity index (χ0n) is 23.4. The van der Waals surface area contributed by atoms with Gasteiger partial charge in [-0.05, 0) is 90.8 Å². The number of hydrogen-bond donors (Lipinski definition) is 2. The largest absolute Gasteiger partial charge is 0.480 e. The molecule has 0 aliphatic heterocycles. The highest BCUT2D eigenvalue weighted by molar-refractivity contribution is 7.98. The molecule has 0 saturated carbocycles. The van der Waals surface area contributed by atoms with Crippen LogP contribution in [0.25, 0.3) is 11.1 Å². The van der Waals surface area contributed by atoms with E-state index in [1.54, 1.807) is 6.07 Å². The number of amides is 1. The highest BCUT2D eigenvalue weighted by atomic mass is 32.2. The standard InChI is InChI=1S/C32H38F2N2O3S/c1-4-5-16-36(17-14-24-11-12-25(33)20-29(24)34)21-23-10-13-27(28(19-23)26-9-7-6-8-22(26)2)31(37)35-30(32(38)39)15-18-40-3/h6-13,19-20,30H,4-5,14-18,21H2,1-3H3,(H,35,37)(H,38,39)/t30-/m0/s1. The van der Waals surface area contributed by atoms with E-state index in [1.165, 1.54) is 23.9 Å². The molecular formula is C32H38F2N2O3S. The molecule has 0 aliphatic carbocycles. The maximum absolute atomic E-state index is 14.3. The molecule has 2 N–H and O–H groups in total. The van der Waals surface area contributed by atoms with Gasteiger partial charge in [-0.3, -0.25) is 9.69 Å². The van der Waals surface area contributed by atoms with E-state index in [0.29, 0.717) is 42.8 Å². The summed E-state index contributed by atoms with van der Waals surface area (Å²) in [6.45, 7) is 6.10. The second-order valence-corrected chi connectivity index (χ2v) is 10.9. The molecule has 5 nitrogen and oxygen atoms in total. The molecule has 0 fully saturated rings. The number of carboxylic acids is 1. The van der Waals surface area contributed by atoms with Crippen LogP contribution in [-0.4, -0.2) is 53.0 Å². The zero-order chi connectivity index (χ0) is 29.1. The number of thioether (sulfide) groups is 1. The summed E-state index contributed by atoms with van der Waals surface area (Å²) >= 11 is 1.53. The van der Waals surface area contributed by atoms with Crippen molar-refractivity contribution in [1.29, 1.82) is 0 Å². The summed E-state index contributed by atoms with van der Waals surface area (Å²) in [5, 5.41) is 12.3. The Morgan fingerprint density at radius 2 is 1.80 bits per heavy atom. The second kappa shape index (κ2) is 15.5. The van der Waals surface area contributed by atoms with E-state index in [2.05, 4.69) is 17.1 Å². The van der Waals surface area contributed by atoms with Gasteiger partial charge in [-0.25, -0.2) is 13.6 Å². The molecule has 8 heteroatoms. The van der Waals surface area contributed by atoms with Gasteiger partial charge in [-0.15, -0.1) is 0 Å². The fraction of sp³-hybridized carbons (Fsp3) is 0.375. The summed E-state index contributed by atoms with van der Waals surface area (Å²) in [4.78, 5) is 27.4. The number of aliphatic carboxylic acids is 1. The van der Waals surface area contributed by atoms with Crippen LogP contribution < -0.4 is 5.32 Å². The van der Waals surface area contributed by atoms with Crippen LogP contribution in [0.4, 0.5) is 8.78 Å². The number of halogens is 2. The molecule has 1 atom stereocenters. The molecule has 0 heterocycles. The third-order valence-corrected chi connectivity index (χ3v) is 7.57. The van der Waals surface area contributed by atoms with Crippen molar-refractivity contribution >= 4 is 23.6 Å². The van der Waals surface area contributed by atoms with Crippen LogP contribution in [-0.2, 0) is 17.8 Å². The Morgan fingerprint density at radius 3 is 2.48 bits per heavy atom. The predicted molar refractivity (Wildman–Crippen MR) is 159 cm³/mol. The van der Waals surface area contributed by atoms with Crippen molar-refractivity contribution < 1.29 is 23.5 Å². The maximum Gasteiger partial charge on any atom is 0.326 e. The van der Waals surface area contributed by atoms with Crippen molar-refractivity contribution in [3.8, 4) is 11.1 Å². The molecule has 1 amide bonds. The number of unbranched alkanes of at least 4 members (excludes halogenated alkanes) is 1. The topological polar surface area (TPSA) is 69.6 Å². The molecule has 0 bridgehead atoms. The van der Waals surface area contributed by atoms with E-state index >= 15 is 0 Å². The molecule has 3 aromatic rings. The Labute approximate surface area is 240 Å². The van der Waals surface area contributed by atoms with Gasteiger partial charge in [-0.2, -0.15) is 11.8 Å². The van der Waals surface area contributed by atoms with Crippen LogP contribution in [0, 0.1) is 18.6 Å². The van der Waals surface area contributed by atoms with Gasteiger partial charge in [0.2, 0.25) is 0 Å². The Kier molecular flexibility index (Phi) is 12.2. The molecule has 0 unspecified atom stereocenters. The third kappa shape index (κ3) is 8.89. The van der Waals surface area contributed by atoms with E-state index in [0.717, 1.165) is 47.7 Å². The number of aryl methyl sites for hydroxylation is 1. The van der Waals surface area contributed by atoms with Gasteiger partial charge in [0, 0.05) is 24.7 Å². The Balaban J connectivity index is 1.90. The molecule has 0 spiro atoms. The van der Waals surface area contributed by atoms with E-state index < -0.39 is 29.6 Å². The molecule has 0 aliphatic rings. The fourth-order valence-corrected chi connectivity index (χ4v) is 5.10. The lowest BCUT2D eigenvalue weighted by Gasteiger charge is -2.24. The van der Waals surface area contributed by atoms with E-state index in [1.807, 2.05) is 49.6 Å².